The highest BCUT2D eigenvalue weighted by atomic mass is 19.1. The van der Waals surface area contributed by atoms with Crippen LogP contribution in [0.4, 0.5) is 15.9 Å². The van der Waals surface area contributed by atoms with Crippen molar-refractivity contribution in [3.63, 3.8) is 0 Å². The first-order valence-corrected chi connectivity index (χ1v) is 10.8. The number of halogens is 1. The number of rotatable bonds is 7. The Kier molecular flexibility index (Phi) is 6.56. The van der Waals surface area contributed by atoms with Crippen molar-refractivity contribution in [1.29, 1.82) is 0 Å². The number of nitrogens with zero attached hydrogens (tertiary/aromatic N) is 1. The molecule has 4 rings (SSSR count). The monoisotopic (exact) mass is 467 g/mol. The number of hydrogen-bond donors (Lipinski definition) is 2. The van der Waals surface area contributed by atoms with Crippen LogP contribution in [0.1, 0.15) is 27.9 Å². The van der Waals surface area contributed by atoms with Gasteiger partial charge in [0, 0.05) is 25.1 Å². The van der Waals surface area contributed by atoms with E-state index in [1.807, 2.05) is 13.0 Å². The molecule has 34 heavy (non-hydrogen) atoms. The van der Waals surface area contributed by atoms with E-state index in [9.17, 15) is 14.0 Å². The first-order chi connectivity index (χ1) is 16.2. The van der Waals surface area contributed by atoms with Crippen molar-refractivity contribution in [2.24, 2.45) is 12.8 Å². The van der Waals surface area contributed by atoms with Crippen molar-refractivity contribution in [3.8, 4) is 17.2 Å². The molecule has 1 aromatic heterocycles. The summed E-state index contributed by atoms with van der Waals surface area (Å²) < 4.78 is 33.1. The number of nitrogens with one attached hydrogen (secondary N) is 1. The van der Waals surface area contributed by atoms with E-state index in [0.29, 0.717) is 30.3 Å². The van der Waals surface area contributed by atoms with Gasteiger partial charge in [-0.1, -0.05) is 12.1 Å². The van der Waals surface area contributed by atoms with Gasteiger partial charge in [0.25, 0.3) is 11.5 Å². The van der Waals surface area contributed by atoms with Gasteiger partial charge in [-0.05, 0) is 43.7 Å². The maximum atomic E-state index is 14.5. The minimum absolute atomic E-state index is 0.0194. The van der Waals surface area contributed by atoms with Crippen molar-refractivity contribution < 1.29 is 23.4 Å². The van der Waals surface area contributed by atoms with Crippen molar-refractivity contribution in [1.82, 2.24) is 4.57 Å². The fraction of sp³-hybridized carbons (Fsp3) is 0.280. The summed E-state index contributed by atoms with van der Waals surface area (Å²) in [6.07, 6.45) is 0.731. The fourth-order valence-corrected chi connectivity index (χ4v) is 3.73. The van der Waals surface area contributed by atoms with E-state index >= 15 is 0 Å². The Morgan fingerprint density at radius 1 is 1.18 bits per heavy atom. The zero-order valence-corrected chi connectivity index (χ0v) is 19.2. The molecule has 1 saturated heterocycles. The molecule has 0 radical (unpaired) electrons. The Labute approximate surface area is 196 Å². The quantitative estimate of drug-likeness (QED) is 0.545. The lowest BCUT2D eigenvalue weighted by Gasteiger charge is -2.20. The number of aromatic nitrogens is 1. The molecular weight excluding hydrogens is 441 g/mol. The van der Waals surface area contributed by atoms with Crippen LogP contribution in [0.25, 0.3) is 0 Å². The number of pyridine rings is 1. The number of aryl methyl sites for hydroxylation is 1. The fourth-order valence-electron chi connectivity index (χ4n) is 3.73. The smallest absolute Gasteiger partial charge is 0.256 e. The highest BCUT2D eigenvalue weighted by Crippen LogP contribution is 2.35. The molecule has 8 nitrogen and oxygen atoms in total. The number of nitrogens with two attached hydrogens (primary N) is 1. The Morgan fingerprint density at radius 3 is 2.62 bits per heavy atom. The van der Waals surface area contributed by atoms with Gasteiger partial charge in [0.1, 0.15) is 40.6 Å². The lowest BCUT2D eigenvalue weighted by atomic mass is 10.1. The minimum Gasteiger partial charge on any atom is -0.488 e. The summed E-state index contributed by atoms with van der Waals surface area (Å²) in [5.74, 6) is -0.405. The van der Waals surface area contributed by atoms with Crippen LogP contribution >= 0.6 is 0 Å². The normalized spacial score (nSPS) is 15.2. The van der Waals surface area contributed by atoms with Gasteiger partial charge in [-0.3, -0.25) is 14.2 Å². The second kappa shape index (κ2) is 9.56. The number of hydrogen-bond acceptors (Lipinski definition) is 6. The molecule has 178 valence electrons. The number of benzene rings is 2. The van der Waals surface area contributed by atoms with Crippen molar-refractivity contribution in [2.75, 3.05) is 18.5 Å². The Balaban J connectivity index is 1.74. The van der Waals surface area contributed by atoms with E-state index in [0.717, 1.165) is 12.0 Å². The average Bonchev–Trinajstić information content (AvgIpc) is 3.29. The first-order valence-electron chi connectivity index (χ1n) is 10.8. The topological polar surface area (TPSA) is 105 Å². The number of anilines is 2. The van der Waals surface area contributed by atoms with E-state index < -0.39 is 17.3 Å². The van der Waals surface area contributed by atoms with Crippen molar-refractivity contribution in [2.45, 2.75) is 26.4 Å². The maximum absolute atomic E-state index is 14.5. The molecule has 2 aromatic carbocycles. The summed E-state index contributed by atoms with van der Waals surface area (Å²) in [6.45, 7) is 4.72. The van der Waals surface area contributed by atoms with Crippen LogP contribution < -0.4 is 26.1 Å². The van der Waals surface area contributed by atoms with Gasteiger partial charge in [0.2, 0.25) is 0 Å². The van der Waals surface area contributed by atoms with E-state index in [-0.39, 0.29) is 28.9 Å². The standard InChI is InChI=1S/C25H26FN3O5/c1-14-7-8-18(17(26)11-14)28-25-23(24(27)31)21(12-22(30)29(25)3)34-20-6-4-5-19(15(20)2)33-16-9-10-32-13-16/h4-8,11-12,16,28H,9-10,13H2,1-3H3,(H2,27,31)/t16-/m1/s1. The van der Waals surface area contributed by atoms with Crippen LogP contribution in [0.2, 0.25) is 0 Å². The van der Waals surface area contributed by atoms with Crippen LogP contribution in [0.15, 0.2) is 47.3 Å². The largest absolute Gasteiger partial charge is 0.488 e. The zero-order chi connectivity index (χ0) is 24.4. The van der Waals surface area contributed by atoms with E-state index in [1.54, 1.807) is 25.1 Å². The van der Waals surface area contributed by atoms with Crippen LogP contribution in [-0.2, 0) is 11.8 Å². The van der Waals surface area contributed by atoms with Gasteiger partial charge in [-0.2, -0.15) is 0 Å². The zero-order valence-electron chi connectivity index (χ0n) is 19.2. The molecule has 2 heterocycles. The highest BCUT2D eigenvalue weighted by molar-refractivity contribution is 6.01. The van der Waals surface area contributed by atoms with Gasteiger partial charge in [0.05, 0.1) is 18.9 Å². The predicted octanol–water partition coefficient (Wildman–Crippen LogP) is 3.94. The molecule has 0 aliphatic carbocycles. The molecule has 1 atom stereocenters. The molecule has 0 saturated carbocycles. The van der Waals surface area contributed by atoms with Gasteiger partial charge >= 0.3 is 0 Å². The molecule has 0 spiro atoms. The number of amides is 1. The van der Waals surface area contributed by atoms with Crippen LogP contribution in [-0.4, -0.2) is 29.8 Å². The molecule has 1 fully saturated rings. The van der Waals surface area contributed by atoms with E-state index in [4.69, 9.17) is 19.9 Å². The third-order valence-corrected chi connectivity index (χ3v) is 5.66. The van der Waals surface area contributed by atoms with Crippen LogP contribution in [0.3, 0.4) is 0 Å². The van der Waals surface area contributed by atoms with Gasteiger partial charge < -0.3 is 25.3 Å². The van der Waals surface area contributed by atoms with Crippen molar-refractivity contribution >= 4 is 17.4 Å². The van der Waals surface area contributed by atoms with Crippen LogP contribution in [0, 0.1) is 19.7 Å². The molecule has 3 N–H and O–H groups in total. The Bertz CT molecular complexity index is 1300. The highest BCUT2D eigenvalue weighted by Gasteiger charge is 2.23. The van der Waals surface area contributed by atoms with Gasteiger partial charge in [-0.15, -0.1) is 0 Å². The lowest BCUT2D eigenvalue weighted by Crippen LogP contribution is -2.25. The molecule has 9 heteroatoms. The first kappa shape index (κ1) is 23.3. The predicted molar refractivity (Wildman–Crippen MR) is 126 cm³/mol. The third-order valence-electron chi connectivity index (χ3n) is 5.66. The number of carbonyl (C=O) groups excluding carboxylic acids is 1. The molecule has 0 bridgehead atoms. The molecule has 0 unspecified atom stereocenters. The summed E-state index contributed by atoms with van der Waals surface area (Å²) in [5.41, 5.74) is 6.62. The third kappa shape index (κ3) is 4.74. The number of primary amides is 1. The Morgan fingerprint density at radius 2 is 1.94 bits per heavy atom. The lowest BCUT2D eigenvalue weighted by molar-refractivity contribution is 0.0998. The second-order valence-corrected chi connectivity index (χ2v) is 8.19. The number of ether oxygens (including phenoxy) is 3. The van der Waals surface area contributed by atoms with Crippen molar-refractivity contribution in [3.05, 3.63) is 75.3 Å². The SMILES string of the molecule is Cc1ccc(Nc2c(C(N)=O)c(Oc3cccc(O[C@@H]4CCOC4)c3C)cc(=O)n2C)c(F)c1. The minimum atomic E-state index is -0.839. The van der Waals surface area contributed by atoms with Crippen LogP contribution in [0.5, 0.6) is 17.2 Å². The van der Waals surface area contributed by atoms with Gasteiger partial charge in [0.15, 0.2) is 0 Å². The molecule has 1 aliphatic heterocycles. The maximum Gasteiger partial charge on any atom is 0.256 e. The summed E-state index contributed by atoms with van der Waals surface area (Å²) in [5, 5.41) is 2.83. The Hall–Kier alpha value is -3.85. The van der Waals surface area contributed by atoms with E-state index in [2.05, 4.69) is 5.32 Å². The average molecular weight is 467 g/mol. The second-order valence-electron chi connectivity index (χ2n) is 8.19. The molecule has 1 aliphatic rings. The summed E-state index contributed by atoms with van der Waals surface area (Å²) in [4.78, 5) is 25.2. The summed E-state index contributed by atoms with van der Waals surface area (Å²) >= 11 is 0. The molecule has 1 amide bonds. The number of carbonyl (C=O) groups is 1. The van der Waals surface area contributed by atoms with E-state index in [1.165, 1.54) is 29.8 Å². The molecule has 3 aromatic rings. The van der Waals surface area contributed by atoms with Gasteiger partial charge in [-0.25, -0.2) is 4.39 Å². The summed E-state index contributed by atoms with van der Waals surface area (Å²) in [7, 11) is 1.45. The molecular formula is C25H26FN3O5. The summed E-state index contributed by atoms with van der Waals surface area (Å²) in [6, 6.07) is 11.0.